The molecule has 1 aliphatic heterocycles. The van der Waals surface area contributed by atoms with Gasteiger partial charge in [-0.3, -0.25) is 4.79 Å². The third-order valence-corrected chi connectivity index (χ3v) is 6.35. The second-order valence-electron chi connectivity index (χ2n) is 8.55. The van der Waals surface area contributed by atoms with Crippen LogP contribution in [0.15, 0.2) is 41.2 Å². The van der Waals surface area contributed by atoms with Gasteiger partial charge in [0, 0.05) is 43.0 Å². The van der Waals surface area contributed by atoms with Gasteiger partial charge in [0.15, 0.2) is 5.65 Å². The van der Waals surface area contributed by atoms with Crippen LogP contribution in [0.5, 0.6) is 0 Å². The molecule has 1 aromatic carbocycles. The van der Waals surface area contributed by atoms with Crippen molar-refractivity contribution in [3.05, 3.63) is 81.3 Å². The summed E-state index contributed by atoms with van der Waals surface area (Å²) in [5.41, 5.74) is 3.21. The molecule has 7 nitrogen and oxygen atoms in total. The van der Waals surface area contributed by atoms with Crippen molar-refractivity contribution in [3.63, 3.8) is 0 Å². The molecule has 0 aliphatic carbocycles. The highest BCUT2D eigenvalue weighted by molar-refractivity contribution is 5.87. The molecule has 0 spiro atoms. The minimum absolute atomic E-state index is 0.107. The van der Waals surface area contributed by atoms with Crippen LogP contribution in [0.1, 0.15) is 47.8 Å². The van der Waals surface area contributed by atoms with Gasteiger partial charge in [0.05, 0.1) is 17.5 Å². The van der Waals surface area contributed by atoms with Crippen LogP contribution in [0.3, 0.4) is 0 Å². The van der Waals surface area contributed by atoms with E-state index in [0.717, 1.165) is 11.8 Å². The lowest BCUT2D eigenvalue weighted by molar-refractivity contribution is -0.000632. The topological polar surface area (TPSA) is 82.8 Å². The predicted octanol–water partition coefficient (Wildman–Crippen LogP) is 4.32. The van der Waals surface area contributed by atoms with Crippen molar-refractivity contribution in [1.29, 1.82) is 0 Å². The van der Waals surface area contributed by atoms with Crippen LogP contribution in [0.4, 0.5) is 8.78 Å². The predicted molar refractivity (Wildman–Crippen MR) is 122 cm³/mol. The molecule has 174 valence electrons. The summed E-state index contributed by atoms with van der Waals surface area (Å²) in [6, 6.07) is 8.47. The van der Waals surface area contributed by atoms with Crippen LogP contribution in [-0.2, 0) is 11.8 Å². The fourth-order valence-corrected chi connectivity index (χ4v) is 4.32. The summed E-state index contributed by atoms with van der Waals surface area (Å²) < 4.78 is 35.9. The van der Waals surface area contributed by atoms with Crippen LogP contribution >= 0.6 is 0 Å². The van der Waals surface area contributed by atoms with Crippen LogP contribution in [0.2, 0.25) is 0 Å². The Morgan fingerprint density at radius 3 is 2.62 bits per heavy atom. The maximum absolute atomic E-state index is 14.8. The third kappa shape index (κ3) is 3.96. The molecule has 0 radical (unpaired) electrons. The minimum Gasteiger partial charge on any atom is -0.372 e. The zero-order valence-electron chi connectivity index (χ0n) is 19.0. The van der Waals surface area contributed by atoms with E-state index < -0.39 is 11.6 Å². The third-order valence-electron chi connectivity index (χ3n) is 6.35. The molecular weight excluding hydrogens is 440 g/mol. The molecule has 34 heavy (non-hydrogen) atoms. The molecule has 0 N–H and O–H groups in total. The average Bonchev–Trinajstić information content (AvgIpc) is 2.81. The average molecular weight is 463 g/mol. The Labute approximate surface area is 194 Å². The highest BCUT2D eigenvalue weighted by Gasteiger charge is 2.30. The highest BCUT2D eigenvalue weighted by atomic mass is 19.1. The van der Waals surface area contributed by atoms with Gasteiger partial charge in [-0.1, -0.05) is 6.07 Å². The second kappa shape index (κ2) is 8.64. The number of aryl methyl sites for hydroxylation is 2. The molecule has 0 saturated carbocycles. The SMILES string of the molecule is Cc1nc2nc(C3CCOC(c4cccc(=O)n4C)C3)nc(-c3ccc(F)cc3F)c2nc1C. The van der Waals surface area contributed by atoms with E-state index in [4.69, 9.17) is 14.7 Å². The van der Waals surface area contributed by atoms with Crippen molar-refractivity contribution in [2.24, 2.45) is 7.05 Å². The van der Waals surface area contributed by atoms with Crippen LogP contribution < -0.4 is 5.56 Å². The van der Waals surface area contributed by atoms with Crippen LogP contribution in [-0.4, -0.2) is 31.1 Å². The number of halogens is 2. The number of aromatic nitrogens is 5. The zero-order chi connectivity index (χ0) is 24.0. The maximum Gasteiger partial charge on any atom is 0.250 e. The number of ether oxygens (including phenoxy) is 1. The number of pyridine rings is 1. The fourth-order valence-electron chi connectivity index (χ4n) is 4.32. The van der Waals surface area contributed by atoms with Gasteiger partial charge in [0.2, 0.25) is 0 Å². The molecule has 2 atom stereocenters. The van der Waals surface area contributed by atoms with Gasteiger partial charge in [0.1, 0.15) is 28.7 Å². The number of hydrogen-bond donors (Lipinski definition) is 0. The number of fused-ring (bicyclic) bond motifs is 1. The number of rotatable bonds is 3. The Morgan fingerprint density at radius 1 is 1.03 bits per heavy atom. The van der Waals surface area contributed by atoms with E-state index >= 15 is 0 Å². The van der Waals surface area contributed by atoms with Crippen LogP contribution in [0, 0.1) is 25.5 Å². The van der Waals surface area contributed by atoms with Gasteiger partial charge in [-0.25, -0.2) is 28.7 Å². The van der Waals surface area contributed by atoms with Crippen LogP contribution in [0.25, 0.3) is 22.4 Å². The minimum atomic E-state index is -0.727. The number of hydrogen-bond acceptors (Lipinski definition) is 6. The summed E-state index contributed by atoms with van der Waals surface area (Å²) in [4.78, 5) is 30.7. The first-order chi connectivity index (χ1) is 16.3. The molecule has 2 unspecified atom stereocenters. The molecule has 9 heteroatoms. The Hall–Kier alpha value is -3.59. The van der Waals surface area contributed by atoms with E-state index in [9.17, 15) is 13.6 Å². The van der Waals surface area contributed by atoms with Crippen molar-refractivity contribution in [2.75, 3.05) is 6.61 Å². The molecule has 1 saturated heterocycles. The van der Waals surface area contributed by atoms with Gasteiger partial charge in [-0.15, -0.1) is 0 Å². The second-order valence-corrected chi connectivity index (χ2v) is 8.55. The summed E-state index contributed by atoms with van der Waals surface area (Å²) in [7, 11) is 1.72. The molecule has 1 aliphatic rings. The Bertz CT molecular complexity index is 1470. The first kappa shape index (κ1) is 22.2. The Kier molecular flexibility index (Phi) is 5.65. The first-order valence-electron chi connectivity index (χ1n) is 11.1. The van der Waals surface area contributed by atoms with Crippen molar-refractivity contribution in [2.45, 2.75) is 38.7 Å². The maximum atomic E-state index is 14.8. The summed E-state index contributed by atoms with van der Waals surface area (Å²) >= 11 is 0. The summed E-state index contributed by atoms with van der Waals surface area (Å²) in [6.45, 7) is 4.11. The molecule has 0 amide bonds. The summed E-state index contributed by atoms with van der Waals surface area (Å²) in [6.07, 6.45) is 0.896. The van der Waals surface area contributed by atoms with Crippen molar-refractivity contribution in [1.82, 2.24) is 24.5 Å². The van der Waals surface area contributed by atoms with E-state index in [1.807, 2.05) is 19.9 Å². The molecule has 4 aromatic rings. The first-order valence-corrected chi connectivity index (χ1v) is 11.1. The molecular formula is C25H23F2N5O2. The van der Waals surface area contributed by atoms with Gasteiger partial charge in [-0.2, -0.15) is 0 Å². The molecule has 0 bridgehead atoms. The standard InChI is InChI=1S/C25H23F2N5O2/c1-13-14(2)29-25-23(28-13)22(17-8-7-16(26)12-18(17)27)30-24(31-25)15-9-10-34-20(11-15)19-5-4-6-21(33)32(19)3/h4-8,12,15,20H,9-11H2,1-3H3. The van der Waals surface area contributed by atoms with E-state index in [1.165, 1.54) is 18.2 Å². The smallest absolute Gasteiger partial charge is 0.250 e. The van der Waals surface area contributed by atoms with Gasteiger partial charge in [0.25, 0.3) is 5.56 Å². The van der Waals surface area contributed by atoms with Crippen molar-refractivity contribution < 1.29 is 13.5 Å². The molecule has 1 fully saturated rings. The summed E-state index contributed by atoms with van der Waals surface area (Å²) in [5.74, 6) is -1.00. The Balaban J connectivity index is 1.63. The van der Waals surface area contributed by atoms with Crippen molar-refractivity contribution in [3.8, 4) is 11.3 Å². The lowest BCUT2D eigenvalue weighted by Crippen LogP contribution is -2.26. The van der Waals surface area contributed by atoms with E-state index in [1.54, 1.807) is 17.7 Å². The quantitative estimate of drug-likeness (QED) is 0.450. The number of nitrogens with zero attached hydrogens (tertiary/aromatic N) is 5. The monoisotopic (exact) mass is 463 g/mol. The number of benzene rings is 1. The fraction of sp³-hybridized carbons (Fsp3) is 0.320. The van der Waals surface area contributed by atoms with Gasteiger partial charge < -0.3 is 9.30 Å². The molecule has 3 aromatic heterocycles. The summed E-state index contributed by atoms with van der Waals surface area (Å²) in [5, 5.41) is 0. The van der Waals surface area contributed by atoms with Gasteiger partial charge in [-0.05, 0) is 44.9 Å². The largest absolute Gasteiger partial charge is 0.372 e. The van der Waals surface area contributed by atoms with Gasteiger partial charge >= 0.3 is 0 Å². The van der Waals surface area contributed by atoms with E-state index in [0.29, 0.717) is 47.8 Å². The normalized spacial score (nSPS) is 18.4. The van der Waals surface area contributed by atoms with E-state index in [2.05, 4.69) is 9.97 Å². The molecule has 5 rings (SSSR count). The molecule has 4 heterocycles. The highest BCUT2D eigenvalue weighted by Crippen LogP contribution is 2.37. The lowest BCUT2D eigenvalue weighted by Gasteiger charge is -2.30. The lowest BCUT2D eigenvalue weighted by atomic mass is 9.92. The van der Waals surface area contributed by atoms with E-state index in [-0.39, 0.29) is 28.8 Å². The van der Waals surface area contributed by atoms with Crippen molar-refractivity contribution >= 4 is 11.2 Å². The zero-order valence-corrected chi connectivity index (χ0v) is 19.0. The Morgan fingerprint density at radius 2 is 1.82 bits per heavy atom.